The van der Waals surface area contributed by atoms with E-state index in [4.69, 9.17) is 23.2 Å². The molecule has 0 N–H and O–H groups in total. The first kappa shape index (κ1) is 7.58. The molecule has 0 unspecified atom stereocenters. The number of rotatable bonds is 2. The van der Waals surface area contributed by atoms with E-state index in [1.807, 2.05) is 13.8 Å². The Balaban J connectivity index is 3.36. The monoisotopic (exact) mass is 140 g/mol. The first-order valence-corrected chi connectivity index (χ1v) is 3.26. The lowest BCUT2D eigenvalue weighted by Gasteiger charge is -2.12. The van der Waals surface area contributed by atoms with Crippen molar-refractivity contribution in [3.8, 4) is 0 Å². The van der Waals surface area contributed by atoms with Crippen LogP contribution in [0.2, 0.25) is 0 Å². The molecular formula is C5H10Cl2. The molecular weight excluding hydrogens is 131 g/mol. The lowest BCUT2D eigenvalue weighted by molar-refractivity contribution is 0.716. The normalized spacial score (nSPS) is 12.0. The Bertz CT molecular complexity index is 44.0. The minimum Gasteiger partial charge on any atom is -0.102 e. The van der Waals surface area contributed by atoms with Crippen LogP contribution in [-0.2, 0) is 0 Å². The lowest BCUT2D eigenvalue weighted by atomic mass is 10.3. The van der Waals surface area contributed by atoms with Gasteiger partial charge in [-0.05, 0) is 12.8 Å². The highest BCUT2D eigenvalue weighted by Crippen LogP contribution is 2.27. The van der Waals surface area contributed by atoms with E-state index in [1.54, 1.807) is 0 Å². The molecule has 0 aromatic carbocycles. The van der Waals surface area contributed by atoms with E-state index in [2.05, 4.69) is 0 Å². The van der Waals surface area contributed by atoms with Gasteiger partial charge in [-0.3, -0.25) is 0 Å². The van der Waals surface area contributed by atoms with Gasteiger partial charge in [0.2, 0.25) is 0 Å². The molecule has 0 nitrogen and oxygen atoms in total. The summed E-state index contributed by atoms with van der Waals surface area (Å²) in [6.45, 7) is 3.95. The van der Waals surface area contributed by atoms with Crippen molar-refractivity contribution in [2.75, 3.05) is 0 Å². The smallest absolute Gasteiger partial charge is 0.102 e. The molecule has 0 amide bonds. The van der Waals surface area contributed by atoms with Crippen LogP contribution in [0.5, 0.6) is 0 Å². The minimum absolute atomic E-state index is 0.472. The molecule has 0 saturated carbocycles. The van der Waals surface area contributed by atoms with E-state index >= 15 is 0 Å². The summed E-state index contributed by atoms with van der Waals surface area (Å²) in [5, 5.41) is 0. The second-order valence-corrected chi connectivity index (χ2v) is 3.20. The minimum atomic E-state index is -0.472. The SMILES string of the molecule is CCC(Cl)(Cl)CC. The fraction of sp³-hybridized carbons (Fsp3) is 1.00. The van der Waals surface area contributed by atoms with Crippen LogP contribution in [0, 0.1) is 0 Å². The van der Waals surface area contributed by atoms with Crippen molar-refractivity contribution in [2.45, 2.75) is 31.0 Å². The maximum atomic E-state index is 5.67. The largest absolute Gasteiger partial charge is 0.117 e. The maximum Gasteiger partial charge on any atom is 0.117 e. The molecule has 0 atom stereocenters. The zero-order valence-corrected chi connectivity index (χ0v) is 6.18. The summed E-state index contributed by atoms with van der Waals surface area (Å²) in [7, 11) is 0. The van der Waals surface area contributed by atoms with Gasteiger partial charge in [0.05, 0.1) is 0 Å². The Morgan fingerprint density at radius 1 is 1.14 bits per heavy atom. The Hall–Kier alpha value is 0.580. The molecule has 0 saturated heterocycles. The van der Waals surface area contributed by atoms with Crippen LogP contribution in [0.4, 0.5) is 0 Å². The van der Waals surface area contributed by atoms with Crippen LogP contribution < -0.4 is 0 Å². The third-order valence-corrected chi connectivity index (χ3v) is 2.10. The van der Waals surface area contributed by atoms with E-state index in [1.165, 1.54) is 0 Å². The molecule has 7 heavy (non-hydrogen) atoms. The fourth-order valence-electron chi connectivity index (χ4n) is 0.250. The van der Waals surface area contributed by atoms with Gasteiger partial charge in [-0.25, -0.2) is 0 Å². The summed E-state index contributed by atoms with van der Waals surface area (Å²) in [4.78, 5) is 0. The molecule has 0 bridgehead atoms. The Morgan fingerprint density at radius 2 is 1.43 bits per heavy atom. The van der Waals surface area contributed by atoms with Gasteiger partial charge in [0.1, 0.15) is 4.33 Å². The fourth-order valence-corrected chi connectivity index (χ4v) is 0.250. The van der Waals surface area contributed by atoms with Crippen molar-refractivity contribution < 1.29 is 0 Å². The number of alkyl halides is 2. The van der Waals surface area contributed by atoms with Gasteiger partial charge >= 0.3 is 0 Å². The van der Waals surface area contributed by atoms with E-state index in [0.29, 0.717) is 0 Å². The second kappa shape index (κ2) is 2.78. The first-order valence-electron chi connectivity index (χ1n) is 2.50. The highest BCUT2D eigenvalue weighted by atomic mass is 35.5. The molecule has 0 rings (SSSR count). The molecule has 0 heterocycles. The third kappa shape index (κ3) is 3.19. The molecule has 0 aliphatic rings. The number of hydrogen-bond acceptors (Lipinski definition) is 0. The molecule has 0 fully saturated rings. The van der Waals surface area contributed by atoms with E-state index in [-0.39, 0.29) is 0 Å². The summed E-state index contributed by atoms with van der Waals surface area (Å²) in [6, 6.07) is 0. The average molecular weight is 141 g/mol. The van der Waals surface area contributed by atoms with Crippen LogP contribution in [-0.4, -0.2) is 4.33 Å². The zero-order valence-electron chi connectivity index (χ0n) is 4.67. The van der Waals surface area contributed by atoms with Gasteiger partial charge in [0.25, 0.3) is 0 Å². The predicted octanol–water partition coefficient (Wildman–Crippen LogP) is 2.98. The molecule has 0 aromatic rings. The van der Waals surface area contributed by atoms with Crippen molar-refractivity contribution >= 4 is 23.2 Å². The van der Waals surface area contributed by atoms with Gasteiger partial charge in [-0.1, -0.05) is 13.8 Å². The summed E-state index contributed by atoms with van der Waals surface area (Å²) in [5.74, 6) is 0. The van der Waals surface area contributed by atoms with Crippen LogP contribution in [0.1, 0.15) is 26.7 Å². The Kier molecular flexibility index (Phi) is 3.01. The molecule has 0 spiro atoms. The summed E-state index contributed by atoms with van der Waals surface area (Å²) < 4.78 is -0.472. The average Bonchev–Trinajstić information content (AvgIpc) is 1.68. The molecule has 44 valence electrons. The van der Waals surface area contributed by atoms with E-state index in [9.17, 15) is 0 Å². The van der Waals surface area contributed by atoms with Crippen LogP contribution >= 0.6 is 23.2 Å². The Labute approximate surface area is 54.8 Å². The second-order valence-electron chi connectivity index (χ2n) is 1.56. The molecule has 2 heteroatoms. The topological polar surface area (TPSA) is 0 Å². The van der Waals surface area contributed by atoms with E-state index < -0.39 is 4.33 Å². The van der Waals surface area contributed by atoms with Gasteiger partial charge < -0.3 is 0 Å². The highest BCUT2D eigenvalue weighted by molar-refractivity contribution is 6.48. The molecule has 0 aliphatic carbocycles. The van der Waals surface area contributed by atoms with Crippen molar-refractivity contribution in [2.24, 2.45) is 0 Å². The summed E-state index contributed by atoms with van der Waals surface area (Å²) >= 11 is 11.3. The summed E-state index contributed by atoms with van der Waals surface area (Å²) in [5.41, 5.74) is 0. The first-order chi connectivity index (χ1) is 3.12. The quantitative estimate of drug-likeness (QED) is 0.518. The third-order valence-electron chi connectivity index (χ3n) is 1.03. The van der Waals surface area contributed by atoms with Crippen LogP contribution in [0.25, 0.3) is 0 Å². The summed E-state index contributed by atoms with van der Waals surface area (Å²) in [6.07, 6.45) is 1.65. The lowest BCUT2D eigenvalue weighted by Crippen LogP contribution is -2.07. The van der Waals surface area contributed by atoms with Crippen molar-refractivity contribution in [1.82, 2.24) is 0 Å². The zero-order chi connectivity index (χ0) is 5.91. The molecule has 0 aliphatic heterocycles. The highest BCUT2D eigenvalue weighted by Gasteiger charge is 2.16. The predicted molar refractivity (Wildman–Crippen MR) is 35.0 cm³/mol. The number of halogens is 2. The van der Waals surface area contributed by atoms with Gasteiger partial charge in [0.15, 0.2) is 0 Å². The molecule has 0 radical (unpaired) electrons. The van der Waals surface area contributed by atoms with Crippen molar-refractivity contribution in [3.05, 3.63) is 0 Å². The maximum absolute atomic E-state index is 5.67. The van der Waals surface area contributed by atoms with Crippen molar-refractivity contribution in [3.63, 3.8) is 0 Å². The standard InChI is InChI=1S/C5H10Cl2/c1-3-5(6,7)4-2/h3-4H2,1-2H3. The van der Waals surface area contributed by atoms with Gasteiger partial charge in [0, 0.05) is 0 Å². The number of hydrogen-bond donors (Lipinski definition) is 0. The van der Waals surface area contributed by atoms with Gasteiger partial charge in [-0.15, -0.1) is 23.2 Å². The van der Waals surface area contributed by atoms with Gasteiger partial charge in [-0.2, -0.15) is 0 Å². The van der Waals surface area contributed by atoms with Crippen LogP contribution in [0.15, 0.2) is 0 Å². The molecule has 0 aromatic heterocycles. The Morgan fingerprint density at radius 3 is 1.43 bits per heavy atom. The van der Waals surface area contributed by atoms with Crippen molar-refractivity contribution in [1.29, 1.82) is 0 Å². The van der Waals surface area contributed by atoms with Crippen LogP contribution in [0.3, 0.4) is 0 Å². The van der Waals surface area contributed by atoms with E-state index in [0.717, 1.165) is 12.8 Å².